The number of rotatable bonds is 8. The Morgan fingerprint density at radius 3 is 2.96 bits per heavy atom. The van der Waals surface area contributed by atoms with Crippen molar-refractivity contribution in [1.29, 1.82) is 0 Å². The van der Waals surface area contributed by atoms with Crippen molar-refractivity contribution in [2.24, 2.45) is 5.92 Å². The number of nitrogens with one attached hydrogen (secondary N) is 2. The molecule has 2 aromatic heterocycles. The number of benzene rings is 1. The standard InChI is InChI=1S/C22H24FN3O2/c1-14(20-8-6-18(12-25-20)28-13-15-2-3-15)26-22(27)9-4-16-11-24-21-7-5-17(23)10-19(16)21/h5-8,10-12,14-15,24H,2-4,9,13H2,1H3,(H,26,27)/t14-/m1/s1. The number of nitrogens with zero attached hydrogens (tertiary/aromatic N) is 1. The molecule has 1 aliphatic rings. The molecular formula is C22H24FN3O2. The van der Waals surface area contributed by atoms with E-state index in [1.54, 1.807) is 12.3 Å². The summed E-state index contributed by atoms with van der Waals surface area (Å²) in [4.78, 5) is 19.8. The monoisotopic (exact) mass is 381 g/mol. The molecule has 0 aliphatic heterocycles. The smallest absolute Gasteiger partial charge is 0.220 e. The molecule has 3 aromatic rings. The van der Waals surface area contributed by atoms with Crippen LogP contribution >= 0.6 is 0 Å². The molecule has 0 radical (unpaired) electrons. The normalized spacial score (nSPS) is 14.8. The second-order valence-electron chi connectivity index (χ2n) is 7.47. The van der Waals surface area contributed by atoms with Gasteiger partial charge in [-0.2, -0.15) is 0 Å². The van der Waals surface area contributed by atoms with E-state index in [0.717, 1.165) is 34.5 Å². The molecular weight excluding hydrogens is 357 g/mol. The van der Waals surface area contributed by atoms with Gasteiger partial charge in [0.15, 0.2) is 0 Å². The number of ether oxygens (including phenoxy) is 1. The molecule has 0 spiro atoms. The Morgan fingerprint density at radius 2 is 2.21 bits per heavy atom. The summed E-state index contributed by atoms with van der Waals surface area (Å²) in [6, 6.07) is 8.22. The third kappa shape index (κ3) is 4.50. The van der Waals surface area contributed by atoms with Gasteiger partial charge in [-0.05, 0) is 68.0 Å². The summed E-state index contributed by atoms with van der Waals surface area (Å²) in [5, 5.41) is 3.79. The van der Waals surface area contributed by atoms with Crippen LogP contribution in [0.1, 0.15) is 43.5 Å². The Hall–Kier alpha value is -2.89. The van der Waals surface area contributed by atoms with Crippen molar-refractivity contribution in [3.05, 3.63) is 59.8 Å². The van der Waals surface area contributed by atoms with E-state index < -0.39 is 0 Å². The maximum Gasteiger partial charge on any atom is 0.220 e. The van der Waals surface area contributed by atoms with Crippen molar-refractivity contribution in [2.75, 3.05) is 6.61 Å². The second kappa shape index (κ2) is 8.00. The van der Waals surface area contributed by atoms with Gasteiger partial charge in [0.2, 0.25) is 5.91 Å². The van der Waals surface area contributed by atoms with E-state index >= 15 is 0 Å². The van der Waals surface area contributed by atoms with Crippen molar-refractivity contribution >= 4 is 16.8 Å². The Labute approximate surface area is 163 Å². The number of aryl methyl sites for hydroxylation is 1. The lowest BCUT2D eigenvalue weighted by molar-refractivity contribution is -0.121. The fourth-order valence-corrected chi connectivity index (χ4v) is 3.23. The highest BCUT2D eigenvalue weighted by molar-refractivity contribution is 5.84. The third-order valence-corrected chi connectivity index (χ3v) is 5.11. The van der Waals surface area contributed by atoms with Gasteiger partial charge in [-0.3, -0.25) is 9.78 Å². The largest absolute Gasteiger partial charge is 0.492 e. The highest BCUT2D eigenvalue weighted by Crippen LogP contribution is 2.29. The lowest BCUT2D eigenvalue weighted by Gasteiger charge is -2.14. The van der Waals surface area contributed by atoms with Crippen LogP contribution in [0.15, 0.2) is 42.7 Å². The summed E-state index contributed by atoms with van der Waals surface area (Å²) in [6.45, 7) is 2.66. The first-order valence-corrected chi connectivity index (χ1v) is 9.72. The number of aromatic nitrogens is 2. The molecule has 1 aliphatic carbocycles. The van der Waals surface area contributed by atoms with Crippen LogP contribution < -0.4 is 10.1 Å². The third-order valence-electron chi connectivity index (χ3n) is 5.11. The van der Waals surface area contributed by atoms with Gasteiger partial charge < -0.3 is 15.0 Å². The lowest BCUT2D eigenvalue weighted by atomic mass is 10.1. The van der Waals surface area contributed by atoms with Gasteiger partial charge in [-0.25, -0.2) is 4.39 Å². The molecule has 146 valence electrons. The van der Waals surface area contributed by atoms with Crippen LogP contribution in [-0.2, 0) is 11.2 Å². The quantitative estimate of drug-likeness (QED) is 0.611. The zero-order chi connectivity index (χ0) is 19.5. The summed E-state index contributed by atoms with van der Waals surface area (Å²) in [5.74, 6) is 1.13. The summed E-state index contributed by atoms with van der Waals surface area (Å²) in [6.07, 6.45) is 6.92. The van der Waals surface area contributed by atoms with Crippen LogP contribution in [0.5, 0.6) is 5.75 Å². The number of amides is 1. The number of fused-ring (bicyclic) bond motifs is 1. The Balaban J connectivity index is 1.29. The molecule has 0 saturated heterocycles. The molecule has 2 N–H and O–H groups in total. The van der Waals surface area contributed by atoms with Crippen molar-refractivity contribution in [3.63, 3.8) is 0 Å². The number of carbonyl (C=O) groups is 1. The molecule has 1 aromatic carbocycles. The van der Waals surface area contributed by atoms with E-state index in [9.17, 15) is 9.18 Å². The number of aromatic amines is 1. The van der Waals surface area contributed by atoms with Crippen molar-refractivity contribution in [3.8, 4) is 5.75 Å². The summed E-state index contributed by atoms with van der Waals surface area (Å²) in [5.41, 5.74) is 2.60. The maximum absolute atomic E-state index is 13.5. The average Bonchev–Trinajstić information content (AvgIpc) is 3.44. The molecule has 5 nitrogen and oxygen atoms in total. The molecule has 1 saturated carbocycles. The van der Waals surface area contributed by atoms with Crippen molar-refractivity contribution in [1.82, 2.24) is 15.3 Å². The van der Waals surface area contributed by atoms with Crippen LogP contribution in [0.25, 0.3) is 10.9 Å². The average molecular weight is 381 g/mol. The van der Waals surface area contributed by atoms with Gasteiger partial charge in [0, 0.05) is 23.5 Å². The Bertz CT molecular complexity index is 964. The number of carbonyl (C=O) groups excluding carboxylic acids is 1. The number of hydrogen-bond donors (Lipinski definition) is 2. The van der Waals surface area contributed by atoms with Crippen molar-refractivity contribution in [2.45, 2.75) is 38.6 Å². The number of H-pyrrole nitrogens is 1. The van der Waals surface area contributed by atoms with Gasteiger partial charge in [-0.1, -0.05) is 0 Å². The number of hydrogen-bond acceptors (Lipinski definition) is 3. The van der Waals surface area contributed by atoms with Crippen LogP contribution in [0.2, 0.25) is 0 Å². The van der Waals surface area contributed by atoms with Gasteiger partial charge in [0.05, 0.1) is 24.5 Å². The van der Waals surface area contributed by atoms with Crippen LogP contribution in [0.4, 0.5) is 4.39 Å². The fraction of sp³-hybridized carbons (Fsp3) is 0.364. The molecule has 4 rings (SSSR count). The Morgan fingerprint density at radius 1 is 1.36 bits per heavy atom. The first kappa shape index (κ1) is 18.5. The van der Waals surface area contributed by atoms with Crippen LogP contribution in [-0.4, -0.2) is 22.5 Å². The van der Waals surface area contributed by atoms with Gasteiger partial charge in [0.1, 0.15) is 11.6 Å². The lowest BCUT2D eigenvalue weighted by Crippen LogP contribution is -2.27. The minimum atomic E-state index is -0.276. The molecule has 1 amide bonds. The number of halogens is 1. The predicted octanol–water partition coefficient (Wildman–Crippen LogP) is 4.30. The summed E-state index contributed by atoms with van der Waals surface area (Å²) in [7, 11) is 0. The summed E-state index contributed by atoms with van der Waals surface area (Å²) < 4.78 is 19.2. The first-order chi connectivity index (χ1) is 13.6. The Kier molecular flexibility index (Phi) is 5.28. The second-order valence-corrected chi connectivity index (χ2v) is 7.47. The molecule has 2 heterocycles. The topological polar surface area (TPSA) is 67.0 Å². The maximum atomic E-state index is 13.5. The minimum absolute atomic E-state index is 0.0610. The molecule has 0 bridgehead atoms. The first-order valence-electron chi connectivity index (χ1n) is 9.72. The SMILES string of the molecule is C[C@@H](NC(=O)CCc1c[nH]c2ccc(F)cc12)c1ccc(OCC2CC2)cn1. The zero-order valence-electron chi connectivity index (χ0n) is 15.9. The fourth-order valence-electron chi connectivity index (χ4n) is 3.23. The van der Waals surface area contributed by atoms with E-state index in [0.29, 0.717) is 18.8 Å². The van der Waals surface area contributed by atoms with E-state index in [2.05, 4.69) is 15.3 Å². The molecule has 0 unspecified atom stereocenters. The molecule has 28 heavy (non-hydrogen) atoms. The highest BCUT2D eigenvalue weighted by Gasteiger charge is 2.22. The molecule has 1 fully saturated rings. The minimum Gasteiger partial charge on any atom is -0.492 e. The van der Waals surface area contributed by atoms with Crippen LogP contribution in [0.3, 0.4) is 0 Å². The van der Waals surface area contributed by atoms with Gasteiger partial charge in [-0.15, -0.1) is 0 Å². The van der Waals surface area contributed by atoms with Crippen LogP contribution in [0, 0.1) is 11.7 Å². The summed E-state index contributed by atoms with van der Waals surface area (Å²) >= 11 is 0. The highest BCUT2D eigenvalue weighted by atomic mass is 19.1. The van der Waals surface area contributed by atoms with E-state index in [1.165, 1.54) is 25.0 Å². The van der Waals surface area contributed by atoms with Crippen molar-refractivity contribution < 1.29 is 13.9 Å². The zero-order valence-corrected chi connectivity index (χ0v) is 15.9. The van der Waals surface area contributed by atoms with Gasteiger partial charge in [0.25, 0.3) is 0 Å². The van der Waals surface area contributed by atoms with Gasteiger partial charge >= 0.3 is 0 Å². The number of pyridine rings is 1. The predicted molar refractivity (Wildman–Crippen MR) is 106 cm³/mol. The molecule has 1 atom stereocenters. The molecule has 6 heteroatoms. The van der Waals surface area contributed by atoms with E-state index in [-0.39, 0.29) is 17.8 Å². The van der Waals surface area contributed by atoms with E-state index in [1.807, 2.05) is 25.3 Å². The van der Waals surface area contributed by atoms with E-state index in [4.69, 9.17) is 4.74 Å².